The van der Waals surface area contributed by atoms with Gasteiger partial charge in [-0.15, -0.1) is 0 Å². The minimum atomic E-state index is 0.727. The van der Waals surface area contributed by atoms with Gasteiger partial charge >= 0.3 is 0 Å². The standard InChI is InChI=1S/C14H12N4/c15-11-12-3-1-4-14-13(12)5-8-17(14)9-10-18-7-2-6-16-18/h1-8H,9-10H2. The summed E-state index contributed by atoms with van der Waals surface area (Å²) in [5, 5.41) is 14.2. The van der Waals surface area contributed by atoms with Crippen LogP contribution in [0.3, 0.4) is 0 Å². The van der Waals surface area contributed by atoms with E-state index < -0.39 is 0 Å². The molecule has 0 bridgehead atoms. The van der Waals surface area contributed by atoms with Crippen molar-refractivity contribution in [1.29, 1.82) is 5.26 Å². The molecule has 0 saturated heterocycles. The largest absolute Gasteiger partial charge is 0.346 e. The Hall–Kier alpha value is -2.54. The lowest BCUT2D eigenvalue weighted by Crippen LogP contribution is -2.06. The number of rotatable bonds is 3. The smallest absolute Gasteiger partial charge is 0.0998 e. The monoisotopic (exact) mass is 236 g/mol. The normalized spacial score (nSPS) is 10.6. The zero-order valence-electron chi connectivity index (χ0n) is 9.82. The minimum absolute atomic E-state index is 0.727. The van der Waals surface area contributed by atoms with Gasteiger partial charge in [-0.05, 0) is 24.3 Å². The van der Waals surface area contributed by atoms with Crippen molar-refractivity contribution >= 4 is 10.9 Å². The van der Waals surface area contributed by atoms with Crippen molar-refractivity contribution in [2.45, 2.75) is 13.1 Å². The lowest BCUT2D eigenvalue weighted by molar-refractivity contribution is 0.543. The van der Waals surface area contributed by atoms with E-state index in [1.165, 1.54) is 0 Å². The van der Waals surface area contributed by atoms with Gasteiger partial charge in [0.15, 0.2) is 0 Å². The number of benzene rings is 1. The molecule has 0 fully saturated rings. The summed E-state index contributed by atoms with van der Waals surface area (Å²) in [4.78, 5) is 0. The van der Waals surface area contributed by atoms with Crippen LogP contribution in [0.5, 0.6) is 0 Å². The first-order chi connectivity index (χ1) is 8.88. The topological polar surface area (TPSA) is 46.5 Å². The highest BCUT2D eigenvalue weighted by atomic mass is 15.3. The van der Waals surface area contributed by atoms with Crippen LogP contribution in [0.25, 0.3) is 10.9 Å². The summed E-state index contributed by atoms with van der Waals surface area (Å²) in [6.45, 7) is 1.67. The molecule has 0 aliphatic heterocycles. The fourth-order valence-corrected chi connectivity index (χ4v) is 2.16. The molecule has 2 heterocycles. The van der Waals surface area contributed by atoms with Gasteiger partial charge in [0.05, 0.1) is 18.2 Å². The van der Waals surface area contributed by atoms with Crippen molar-refractivity contribution in [2.75, 3.05) is 0 Å². The van der Waals surface area contributed by atoms with Gasteiger partial charge in [0.2, 0.25) is 0 Å². The zero-order valence-corrected chi connectivity index (χ0v) is 9.82. The third-order valence-corrected chi connectivity index (χ3v) is 3.06. The van der Waals surface area contributed by atoms with E-state index in [0.29, 0.717) is 0 Å². The van der Waals surface area contributed by atoms with Crippen molar-refractivity contribution in [1.82, 2.24) is 14.3 Å². The molecule has 88 valence electrons. The van der Waals surface area contributed by atoms with Crippen LogP contribution in [0.4, 0.5) is 0 Å². The van der Waals surface area contributed by atoms with Gasteiger partial charge in [-0.2, -0.15) is 10.4 Å². The maximum Gasteiger partial charge on any atom is 0.0998 e. The first-order valence-corrected chi connectivity index (χ1v) is 5.84. The Labute approximate surface area is 105 Å². The molecular weight excluding hydrogens is 224 g/mol. The molecule has 0 saturated carbocycles. The molecule has 3 rings (SSSR count). The number of hydrogen-bond acceptors (Lipinski definition) is 2. The predicted octanol–water partition coefficient (Wildman–Crippen LogP) is 2.41. The number of nitriles is 1. The molecule has 0 aliphatic carbocycles. The molecule has 18 heavy (non-hydrogen) atoms. The van der Waals surface area contributed by atoms with E-state index in [0.717, 1.165) is 29.6 Å². The van der Waals surface area contributed by atoms with E-state index in [9.17, 15) is 0 Å². The van der Waals surface area contributed by atoms with Gasteiger partial charge < -0.3 is 4.57 Å². The van der Waals surface area contributed by atoms with Crippen LogP contribution in [-0.4, -0.2) is 14.3 Å². The highest BCUT2D eigenvalue weighted by Crippen LogP contribution is 2.19. The van der Waals surface area contributed by atoms with E-state index in [1.54, 1.807) is 6.20 Å². The van der Waals surface area contributed by atoms with Crippen LogP contribution >= 0.6 is 0 Å². The fourth-order valence-electron chi connectivity index (χ4n) is 2.16. The second kappa shape index (κ2) is 4.38. The molecule has 0 radical (unpaired) electrons. The summed E-state index contributed by atoms with van der Waals surface area (Å²) in [7, 11) is 0. The molecule has 0 atom stereocenters. The van der Waals surface area contributed by atoms with Crippen molar-refractivity contribution < 1.29 is 0 Å². The lowest BCUT2D eigenvalue weighted by Gasteiger charge is -2.05. The number of fused-ring (bicyclic) bond motifs is 1. The minimum Gasteiger partial charge on any atom is -0.346 e. The Morgan fingerprint density at radius 1 is 1.11 bits per heavy atom. The van der Waals surface area contributed by atoms with Gasteiger partial charge in [-0.3, -0.25) is 4.68 Å². The quantitative estimate of drug-likeness (QED) is 0.701. The average Bonchev–Trinajstić information content (AvgIpc) is 3.05. The van der Waals surface area contributed by atoms with Crippen LogP contribution < -0.4 is 0 Å². The second-order valence-electron chi connectivity index (χ2n) is 4.13. The maximum atomic E-state index is 9.05. The van der Waals surface area contributed by atoms with Crippen molar-refractivity contribution in [2.24, 2.45) is 0 Å². The van der Waals surface area contributed by atoms with E-state index in [2.05, 4.69) is 15.7 Å². The van der Waals surface area contributed by atoms with Gasteiger partial charge in [0.25, 0.3) is 0 Å². The van der Waals surface area contributed by atoms with Crippen molar-refractivity contribution in [3.8, 4) is 6.07 Å². The maximum absolute atomic E-state index is 9.05. The average molecular weight is 236 g/mol. The van der Waals surface area contributed by atoms with Crippen molar-refractivity contribution in [3.63, 3.8) is 0 Å². The second-order valence-corrected chi connectivity index (χ2v) is 4.13. The van der Waals surface area contributed by atoms with E-state index >= 15 is 0 Å². The van der Waals surface area contributed by atoms with E-state index in [1.807, 2.05) is 47.4 Å². The molecule has 0 spiro atoms. The summed E-state index contributed by atoms with van der Waals surface area (Å²) in [6.07, 6.45) is 5.75. The van der Waals surface area contributed by atoms with Gasteiger partial charge in [0, 0.05) is 36.0 Å². The first kappa shape index (κ1) is 10.6. The zero-order chi connectivity index (χ0) is 12.4. The summed E-state index contributed by atoms with van der Waals surface area (Å²) >= 11 is 0. The molecular formula is C14H12N4. The Morgan fingerprint density at radius 3 is 2.83 bits per heavy atom. The van der Waals surface area contributed by atoms with Crippen LogP contribution in [0, 0.1) is 11.3 Å². The molecule has 0 unspecified atom stereocenters. The number of aromatic nitrogens is 3. The van der Waals surface area contributed by atoms with Gasteiger partial charge in [-0.25, -0.2) is 0 Å². The molecule has 4 nitrogen and oxygen atoms in total. The SMILES string of the molecule is N#Cc1cccc2c1ccn2CCn1cccn1. The van der Waals surface area contributed by atoms with Crippen LogP contribution in [0.2, 0.25) is 0 Å². The summed E-state index contributed by atoms with van der Waals surface area (Å²) in [5.41, 5.74) is 1.83. The summed E-state index contributed by atoms with van der Waals surface area (Å²) < 4.78 is 4.05. The van der Waals surface area contributed by atoms with E-state index in [-0.39, 0.29) is 0 Å². The molecule has 2 aromatic heterocycles. The number of hydrogen-bond donors (Lipinski definition) is 0. The molecule has 0 amide bonds. The summed E-state index contributed by atoms with van der Waals surface area (Å²) in [5.74, 6) is 0. The molecule has 3 aromatic rings. The van der Waals surface area contributed by atoms with E-state index in [4.69, 9.17) is 5.26 Å². The predicted molar refractivity (Wildman–Crippen MR) is 68.9 cm³/mol. The molecule has 4 heteroatoms. The van der Waals surface area contributed by atoms with Crippen LogP contribution in [-0.2, 0) is 13.1 Å². The fraction of sp³-hybridized carbons (Fsp3) is 0.143. The first-order valence-electron chi connectivity index (χ1n) is 5.84. The molecule has 0 N–H and O–H groups in total. The Bertz CT molecular complexity index is 701. The van der Waals surface area contributed by atoms with Gasteiger partial charge in [-0.1, -0.05) is 6.07 Å². The Morgan fingerprint density at radius 2 is 2.06 bits per heavy atom. The third-order valence-electron chi connectivity index (χ3n) is 3.06. The lowest BCUT2D eigenvalue weighted by atomic mass is 10.1. The third kappa shape index (κ3) is 1.76. The van der Waals surface area contributed by atoms with Crippen molar-refractivity contribution in [3.05, 3.63) is 54.5 Å². The van der Waals surface area contributed by atoms with Crippen LogP contribution in [0.1, 0.15) is 5.56 Å². The Balaban J connectivity index is 1.91. The summed E-state index contributed by atoms with van der Waals surface area (Å²) in [6, 6.07) is 11.9. The number of nitrogens with zero attached hydrogens (tertiary/aromatic N) is 4. The van der Waals surface area contributed by atoms with Gasteiger partial charge in [0.1, 0.15) is 0 Å². The highest BCUT2D eigenvalue weighted by Gasteiger charge is 2.04. The highest BCUT2D eigenvalue weighted by molar-refractivity contribution is 5.85. The number of aryl methyl sites for hydroxylation is 2. The molecule has 0 aliphatic rings. The molecule has 1 aromatic carbocycles. The Kier molecular flexibility index (Phi) is 2.58. The van der Waals surface area contributed by atoms with Crippen LogP contribution in [0.15, 0.2) is 48.9 Å².